The third-order valence-electron chi connectivity index (χ3n) is 4.75. The first kappa shape index (κ1) is 24.7. The van der Waals surface area contributed by atoms with Crippen molar-refractivity contribution in [1.29, 1.82) is 0 Å². The zero-order valence-corrected chi connectivity index (χ0v) is 20.6. The molecule has 0 aliphatic rings. The van der Waals surface area contributed by atoms with Crippen LogP contribution in [0.2, 0.25) is 0 Å². The van der Waals surface area contributed by atoms with Gasteiger partial charge >= 0.3 is 0 Å². The van der Waals surface area contributed by atoms with Gasteiger partial charge in [0.1, 0.15) is 5.75 Å². The van der Waals surface area contributed by atoms with Crippen LogP contribution in [0, 0.1) is 0 Å². The van der Waals surface area contributed by atoms with Gasteiger partial charge in [-0.3, -0.25) is 4.79 Å². The second-order valence-electron chi connectivity index (χ2n) is 7.67. The number of aryl methyl sites for hydroxylation is 1. The smallest absolute Gasteiger partial charge is 0.240 e. The van der Waals surface area contributed by atoms with E-state index in [1.165, 1.54) is 11.3 Å². The number of anilines is 2. The highest BCUT2D eigenvalue weighted by molar-refractivity contribution is 7.89. The summed E-state index contributed by atoms with van der Waals surface area (Å²) in [6.07, 6.45) is 0.716. The van der Waals surface area contributed by atoms with E-state index in [4.69, 9.17) is 4.74 Å². The Morgan fingerprint density at radius 1 is 1.15 bits per heavy atom. The highest BCUT2D eigenvalue weighted by Crippen LogP contribution is 2.32. The Bertz CT molecular complexity index is 1210. The number of methoxy groups -OCH3 is 1. The van der Waals surface area contributed by atoms with Crippen molar-refractivity contribution in [2.45, 2.75) is 37.6 Å². The molecule has 1 amide bonds. The molecule has 0 spiro atoms. The van der Waals surface area contributed by atoms with Crippen LogP contribution >= 0.6 is 11.3 Å². The number of aromatic nitrogens is 1. The van der Waals surface area contributed by atoms with Crippen LogP contribution in [0.15, 0.2) is 52.7 Å². The summed E-state index contributed by atoms with van der Waals surface area (Å²) in [5.74, 6) is 0.390. The Kier molecular flexibility index (Phi) is 8.06. The molecule has 0 bridgehead atoms. The van der Waals surface area contributed by atoms with Crippen LogP contribution in [-0.2, 0) is 21.2 Å². The normalized spacial score (nSPS) is 11.4. The molecular weight excluding hydrogens is 460 g/mol. The molecule has 0 atom stereocenters. The summed E-state index contributed by atoms with van der Waals surface area (Å²) in [7, 11) is -0.166. The number of hydrogen-bond acceptors (Lipinski definition) is 7. The summed E-state index contributed by atoms with van der Waals surface area (Å²) < 4.78 is 32.4. The summed E-state index contributed by atoms with van der Waals surface area (Å²) >= 11 is 1.50. The van der Waals surface area contributed by atoms with E-state index in [1.807, 2.05) is 24.6 Å². The Morgan fingerprint density at radius 3 is 2.48 bits per heavy atom. The number of carbonyl (C=O) groups is 1. The highest BCUT2D eigenvalue weighted by Gasteiger charge is 2.15. The predicted octanol–water partition coefficient (Wildman–Crippen LogP) is 4.12. The van der Waals surface area contributed by atoms with E-state index in [-0.39, 0.29) is 23.3 Å². The van der Waals surface area contributed by atoms with Crippen molar-refractivity contribution in [3.8, 4) is 17.0 Å². The molecule has 8 nitrogen and oxygen atoms in total. The fourth-order valence-corrected chi connectivity index (χ4v) is 5.10. The highest BCUT2D eigenvalue weighted by atomic mass is 32.2. The molecule has 2 aromatic carbocycles. The average Bonchev–Trinajstić information content (AvgIpc) is 3.26. The number of carbonyl (C=O) groups excluding carboxylic acids is 1. The minimum atomic E-state index is -3.53. The molecule has 0 saturated carbocycles. The number of nitrogens with zero attached hydrogens (tertiary/aromatic N) is 1. The van der Waals surface area contributed by atoms with Crippen molar-refractivity contribution in [2.75, 3.05) is 24.8 Å². The number of ether oxygens (including phenoxy) is 1. The fraction of sp³-hybridized carbons (Fsp3) is 0.304. The molecule has 1 aromatic heterocycles. The molecule has 0 unspecified atom stereocenters. The summed E-state index contributed by atoms with van der Waals surface area (Å²) in [6, 6.07) is 11.9. The van der Waals surface area contributed by atoms with Crippen molar-refractivity contribution in [1.82, 2.24) is 9.71 Å². The topological polar surface area (TPSA) is 109 Å². The van der Waals surface area contributed by atoms with Gasteiger partial charge in [0, 0.05) is 30.5 Å². The van der Waals surface area contributed by atoms with Crippen molar-refractivity contribution in [3.05, 3.63) is 53.4 Å². The lowest BCUT2D eigenvalue weighted by molar-refractivity contribution is -0.116. The molecule has 0 aliphatic heterocycles. The molecule has 10 heteroatoms. The monoisotopic (exact) mass is 488 g/mol. The minimum Gasteiger partial charge on any atom is -0.495 e. The van der Waals surface area contributed by atoms with Gasteiger partial charge in [-0.1, -0.05) is 12.1 Å². The van der Waals surface area contributed by atoms with Gasteiger partial charge in [-0.15, -0.1) is 11.3 Å². The lowest BCUT2D eigenvalue weighted by Crippen LogP contribution is -2.30. The molecule has 1 heterocycles. The Labute approximate surface area is 198 Å². The first-order chi connectivity index (χ1) is 15.7. The van der Waals surface area contributed by atoms with E-state index in [0.29, 0.717) is 17.9 Å². The van der Waals surface area contributed by atoms with E-state index in [1.54, 1.807) is 51.3 Å². The van der Waals surface area contributed by atoms with Gasteiger partial charge in [0.15, 0.2) is 5.13 Å². The number of sulfonamides is 1. The van der Waals surface area contributed by atoms with Crippen LogP contribution in [0.4, 0.5) is 10.8 Å². The Balaban J connectivity index is 1.65. The van der Waals surface area contributed by atoms with Crippen LogP contribution in [0.1, 0.15) is 25.8 Å². The molecule has 3 N–H and O–H groups in total. The van der Waals surface area contributed by atoms with E-state index < -0.39 is 10.0 Å². The lowest BCUT2D eigenvalue weighted by atomic mass is 10.1. The molecule has 33 heavy (non-hydrogen) atoms. The van der Waals surface area contributed by atoms with Gasteiger partial charge in [-0.05, 0) is 56.2 Å². The summed E-state index contributed by atoms with van der Waals surface area (Å²) in [6.45, 7) is 3.54. The lowest BCUT2D eigenvalue weighted by Gasteiger charge is -2.12. The Hall–Kier alpha value is -2.95. The maximum absolute atomic E-state index is 12.6. The van der Waals surface area contributed by atoms with Crippen molar-refractivity contribution >= 4 is 38.1 Å². The van der Waals surface area contributed by atoms with Crippen molar-refractivity contribution in [3.63, 3.8) is 0 Å². The van der Waals surface area contributed by atoms with Crippen LogP contribution < -0.4 is 20.1 Å². The van der Waals surface area contributed by atoms with E-state index in [0.717, 1.165) is 22.0 Å². The quantitative estimate of drug-likeness (QED) is 0.396. The minimum absolute atomic E-state index is 0.169. The van der Waals surface area contributed by atoms with Gasteiger partial charge in [0.25, 0.3) is 0 Å². The average molecular weight is 489 g/mol. The zero-order chi connectivity index (χ0) is 24.0. The van der Waals surface area contributed by atoms with E-state index in [9.17, 15) is 13.2 Å². The number of amides is 1. The molecule has 0 saturated heterocycles. The molecule has 0 radical (unpaired) electrons. The van der Waals surface area contributed by atoms with Gasteiger partial charge < -0.3 is 15.4 Å². The van der Waals surface area contributed by atoms with Crippen molar-refractivity contribution < 1.29 is 17.9 Å². The standard InChI is InChI=1S/C23H28N4O4S2/c1-15(2)27-33(29,30)18-9-5-16(6-10-18)7-12-22(28)25-19-13-17(8-11-21(19)31-4)20-14-32-23(24-3)26-20/h5-6,8-11,13-15,27H,7,12H2,1-4H3,(H,24,26)(H,25,28). The van der Waals surface area contributed by atoms with E-state index >= 15 is 0 Å². The molecule has 3 aromatic rings. The van der Waals surface area contributed by atoms with E-state index in [2.05, 4.69) is 20.3 Å². The van der Waals surface area contributed by atoms with Crippen LogP contribution in [-0.4, -0.2) is 39.5 Å². The number of benzene rings is 2. The number of rotatable bonds is 10. The molecule has 0 fully saturated rings. The summed E-state index contributed by atoms with van der Waals surface area (Å²) in [5, 5.41) is 8.68. The first-order valence-corrected chi connectivity index (χ1v) is 12.8. The van der Waals surface area contributed by atoms with Gasteiger partial charge in [0.2, 0.25) is 15.9 Å². The molecule has 0 aliphatic carbocycles. The second-order valence-corrected chi connectivity index (χ2v) is 10.2. The van der Waals surface area contributed by atoms with Crippen LogP contribution in [0.5, 0.6) is 5.75 Å². The van der Waals surface area contributed by atoms with Crippen molar-refractivity contribution in [2.24, 2.45) is 0 Å². The maximum Gasteiger partial charge on any atom is 0.240 e. The molecular formula is C23H28N4O4S2. The second kappa shape index (κ2) is 10.8. The van der Waals surface area contributed by atoms with Gasteiger partial charge in [-0.25, -0.2) is 18.1 Å². The maximum atomic E-state index is 12.6. The first-order valence-electron chi connectivity index (χ1n) is 10.4. The number of hydrogen-bond donors (Lipinski definition) is 3. The molecule has 176 valence electrons. The van der Waals surface area contributed by atoms with Crippen LogP contribution in [0.25, 0.3) is 11.3 Å². The third kappa shape index (κ3) is 6.53. The number of nitrogens with one attached hydrogen (secondary N) is 3. The van der Waals surface area contributed by atoms with Crippen LogP contribution in [0.3, 0.4) is 0 Å². The summed E-state index contributed by atoms with van der Waals surface area (Å²) in [4.78, 5) is 17.3. The van der Waals surface area contributed by atoms with Gasteiger partial charge in [-0.2, -0.15) is 0 Å². The predicted molar refractivity (Wildman–Crippen MR) is 132 cm³/mol. The fourth-order valence-electron chi connectivity index (χ4n) is 3.17. The Morgan fingerprint density at radius 2 is 1.88 bits per heavy atom. The third-order valence-corrected chi connectivity index (χ3v) is 7.29. The zero-order valence-electron chi connectivity index (χ0n) is 19.0. The SMILES string of the molecule is CNc1nc(-c2ccc(OC)c(NC(=O)CCc3ccc(S(=O)(=O)NC(C)C)cc3)c2)cs1. The summed E-state index contributed by atoms with van der Waals surface area (Å²) in [5.41, 5.74) is 3.12. The number of thiazole rings is 1. The van der Waals surface area contributed by atoms with Gasteiger partial charge in [0.05, 0.1) is 23.4 Å². The molecule has 3 rings (SSSR count). The largest absolute Gasteiger partial charge is 0.495 e.